The average molecular weight is 400 g/mol. The maximum absolute atomic E-state index is 13.4. The predicted molar refractivity (Wildman–Crippen MR) is 103 cm³/mol. The van der Waals surface area contributed by atoms with Crippen LogP contribution in [0.4, 0.5) is 10.1 Å². The van der Waals surface area contributed by atoms with Gasteiger partial charge in [0, 0.05) is 18.1 Å². The number of halogens is 2. The number of amides is 2. The minimum absolute atomic E-state index is 0.216. The van der Waals surface area contributed by atoms with E-state index < -0.39 is 12.0 Å². The molecule has 2 amide bonds. The summed E-state index contributed by atoms with van der Waals surface area (Å²) in [6.07, 6.45) is 0.929. The monoisotopic (exact) mass is 399 g/mol. The quantitative estimate of drug-likeness (QED) is 0.727. The third-order valence-electron chi connectivity index (χ3n) is 6.03. The molecule has 0 aliphatic carbocycles. The molecule has 3 aliphatic rings. The Bertz CT molecular complexity index is 980. The third-order valence-corrected chi connectivity index (χ3v) is 6.44. The van der Waals surface area contributed by atoms with Crippen LogP contribution in [0.5, 0.6) is 0 Å². The minimum atomic E-state index is -0.523. The Labute approximate surface area is 167 Å². The first kappa shape index (κ1) is 17.8. The lowest BCUT2D eigenvalue weighted by Gasteiger charge is -2.29. The van der Waals surface area contributed by atoms with Crippen molar-refractivity contribution >= 4 is 29.1 Å². The Balaban J connectivity index is 1.58. The minimum Gasteiger partial charge on any atom is -0.274 e. The number of benzene rings is 2. The molecule has 0 bridgehead atoms. The third kappa shape index (κ3) is 2.45. The summed E-state index contributed by atoms with van der Waals surface area (Å²) in [5, 5.41) is 4.65. The molecule has 28 heavy (non-hydrogen) atoms. The summed E-state index contributed by atoms with van der Waals surface area (Å²) < 4.78 is 13.4. The highest BCUT2D eigenvalue weighted by Crippen LogP contribution is 2.49. The van der Waals surface area contributed by atoms with E-state index in [1.54, 1.807) is 24.3 Å². The van der Waals surface area contributed by atoms with E-state index in [0.717, 1.165) is 30.6 Å². The molecule has 3 saturated heterocycles. The number of aryl methyl sites for hydroxylation is 1. The molecule has 2 aromatic rings. The van der Waals surface area contributed by atoms with Crippen molar-refractivity contribution in [2.45, 2.75) is 25.4 Å². The van der Waals surface area contributed by atoms with E-state index in [2.05, 4.69) is 5.01 Å². The number of carbonyl (C=O) groups excluding carboxylic acids is 2. The van der Waals surface area contributed by atoms with Gasteiger partial charge in [0.15, 0.2) is 0 Å². The Morgan fingerprint density at radius 2 is 1.64 bits per heavy atom. The molecule has 0 spiro atoms. The van der Waals surface area contributed by atoms with Gasteiger partial charge in [0.05, 0.1) is 17.6 Å². The van der Waals surface area contributed by atoms with Gasteiger partial charge >= 0.3 is 0 Å². The highest BCUT2D eigenvalue weighted by molar-refractivity contribution is 6.32. The Kier molecular flexibility index (Phi) is 4.05. The van der Waals surface area contributed by atoms with Gasteiger partial charge in [0.2, 0.25) is 5.91 Å². The maximum atomic E-state index is 13.4. The van der Waals surface area contributed by atoms with E-state index >= 15 is 0 Å². The topological polar surface area (TPSA) is 43.9 Å². The summed E-state index contributed by atoms with van der Waals surface area (Å²) in [5.41, 5.74) is 2.24. The van der Waals surface area contributed by atoms with Crippen LogP contribution < -0.4 is 4.90 Å². The van der Waals surface area contributed by atoms with Crippen LogP contribution in [0, 0.1) is 18.7 Å². The molecule has 3 atom stereocenters. The van der Waals surface area contributed by atoms with Crippen molar-refractivity contribution in [2.24, 2.45) is 5.92 Å². The number of hydrogen-bond donors (Lipinski definition) is 0. The number of fused-ring (bicyclic) bond motifs is 3. The molecule has 7 heteroatoms. The molecule has 3 aliphatic heterocycles. The van der Waals surface area contributed by atoms with Crippen molar-refractivity contribution in [1.29, 1.82) is 0 Å². The molecular weight excluding hydrogens is 381 g/mol. The van der Waals surface area contributed by atoms with Gasteiger partial charge in [-0.2, -0.15) is 0 Å². The van der Waals surface area contributed by atoms with Crippen molar-refractivity contribution in [2.75, 3.05) is 18.0 Å². The van der Waals surface area contributed by atoms with Crippen molar-refractivity contribution < 1.29 is 14.0 Å². The Hall–Kier alpha value is -2.28. The normalized spacial score (nSPS) is 27.5. The second-order valence-corrected chi connectivity index (χ2v) is 8.00. The van der Waals surface area contributed by atoms with Gasteiger partial charge in [-0.25, -0.2) is 19.3 Å². The fraction of sp³-hybridized carbons (Fsp3) is 0.333. The Morgan fingerprint density at radius 1 is 0.964 bits per heavy atom. The standard InChI is InChI=1S/C21H19ClFN3O2/c1-12-3-8-15(11-16(12)22)26-20(27)17-18(13-4-6-14(23)7-5-13)24-9-2-10-25(24)19(17)21(26)28/h3-8,11,17-19H,2,9-10H2,1H3/t17-,18-,19-/m1/s1. The van der Waals surface area contributed by atoms with Crippen molar-refractivity contribution in [3.05, 3.63) is 64.4 Å². The lowest BCUT2D eigenvalue weighted by molar-refractivity contribution is -0.126. The first-order valence-corrected chi connectivity index (χ1v) is 9.78. The summed E-state index contributed by atoms with van der Waals surface area (Å²) in [4.78, 5) is 28.0. The van der Waals surface area contributed by atoms with Gasteiger partial charge in [0.25, 0.3) is 5.91 Å². The zero-order chi connectivity index (χ0) is 19.6. The molecule has 5 rings (SSSR count). The second kappa shape index (κ2) is 6.37. The van der Waals surface area contributed by atoms with Crippen LogP contribution in [0.2, 0.25) is 5.02 Å². The van der Waals surface area contributed by atoms with Crippen molar-refractivity contribution in [3.8, 4) is 0 Å². The highest BCUT2D eigenvalue weighted by atomic mass is 35.5. The van der Waals surface area contributed by atoms with Crippen LogP contribution in [0.15, 0.2) is 42.5 Å². The first-order valence-electron chi connectivity index (χ1n) is 9.40. The van der Waals surface area contributed by atoms with Gasteiger partial charge in [-0.15, -0.1) is 0 Å². The molecule has 0 saturated carbocycles. The van der Waals surface area contributed by atoms with Gasteiger partial charge in [-0.1, -0.05) is 29.8 Å². The molecule has 0 radical (unpaired) electrons. The van der Waals surface area contributed by atoms with Gasteiger partial charge < -0.3 is 0 Å². The van der Waals surface area contributed by atoms with E-state index in [0.29, 0.717) is 10.7 Å². The lowest BCUT2D eigenvalue weighted by Crippen LogP contribution is -2.44. The average Bonchev–Trinajstić information content (AvgIpc) is 3.31. The number of nitrogens with zero attached hydrogens (tertiary/aromatic N) is 3. The van der Waals surface area contributed by atoms with Gasteiger partial charge in [-0.3, -0.25) is 9.59 Å². The molecule has 2 aromatic carbocycles. The molecule has 3 fully saturated rings. The first-order chi connectivity index (χ1) is 13.5. The van der Waals surface area contributed by atoms with E-state index in [1.807, 2.05) is 18.0 Å². The van der Waals surface area contributed by atoms with Gasteiger partial charge in [0.1, 0.15) is 11.9 Å². The highest BCUT2D eigenvalue weighted by Gasteiger charge is 2.62. The number of carbonyl (C=O) groups is 2. The number of imide groups is 1. The second-order valence-electron chi connectivity index (χ2n) is 7.59. The van der Waals surface area contributed by atoms with E-state index in [9.17, 15) is 14.0 Å². The Morgan fingerprint density at radius 3 is 2.32 bits per heavy atom. The maximum Gasteiger partial charge on any atom is 0.253 e. The molecule has 0 aromatic heterocycles. The van der Waals surface area contributed by atoms with Crippen molar-refractivity contribution in [3.63, 3.8) is 0 Å². The van der Waals surface area contributed by atoms with Crippen LogP contribution >= 0.6 is 11.6 Å². The van der Waals surface area contributed by atoms with Crippen LogP contribution in [0.3, 0.4) is 0 Å². The summed E-state index contributed by atoms with van der Waals surface area (Å²) in [7, 11) is 0. The number of hydrazine groups is 1. The number of anilines is 1. The number of hydrogen-bond acceptors (Lipinski definition) is 4. The van der Waals surface area contributed by atoms with Gasteiger partial charge in [-0.05, 0) is 48.7 Å². The zero-order valence-electron chi connectivity index (χ0n) is 15.3. The van der Waals surface area contributed by atoms with Crippen LogP contribution in [-0.4, -0.2) is 41.0 Å². The smallest absolute Gasteiger partial charge is 0.253 e. The molecule has 0 unspecified atom stereocenters. The summed E-state index contributed by atoms with van der Waals surface area (Å²) >= 11 is 6.23. The molecule has 0 N–H and O–H groups in total. The SMILES string of the molecule is Cc1ccc(N2C(=O)[C@@H]3[C@@H](c4ccc(F)cc4)N4CCCN4[C@H]3C2=O)cc1Cl. The largest absolute Gasteiger partial charge is 0.274 e. The van der Waals surface area contributed by atoms with Crippen LogP contribution in [0.25, 0.3) is 0 Å². The van der Waals surface area contributed by atoms with E-state index in [-0.39, 0.29) is 23.7 Å². The lowest BCUT2D eigenvalue weighted by atomic mass is 9.90. The van der Waals surface area contributed by atoms with E-state index in [1.165, 1.54) is 17.0 Å². The molecule has 3 heterocycles. The zero-order valence-corrected chi connectivity index (χ0v) is 16.1. The predicted octanol–water partition coefficient (Wildman–Crippen LogP) is 3.32. The molecular formula is C21H19ClFN3O2. The number of rotatable bonds is 2. The summed E-state index contributed by atoms with van der Waals surface area (Å²) in [6.45, 7) is 3.40. The fourth-order valence-corrected chi connectivity index (χ4v) is 4.92. The van der Waals surface area contributed by atoms with Crippen molar-refractivity contribution in [1.82, 2.24) is 10.0 Å². The van der Waals surface area contributed by atoms with E-state index in [4.69, 9.17) is 11.6 Å². The molecule has 144 valence electrons. The fourth-order valence-electron chi connectivity index (χ4n) is 4.75. The molecule has 5 nitrogen and oxygen atoms in total. The summed E-state index contributed by atoms with van der Waals surface area (Å²) in [5.74, 6) is -1.27. The van der Waals surface area contributed by atoms with Crippen LogP contribution in [0.1, 0.15) is 23.6 Å². The summed E-state index contributed by atoms with van der Waals surface area (Å²) in [6, 6.07) is 10.7. The van der Waals surface area contributed by atoms with Crippen LogP contribution in [-0.2, 0) is 9.59 Å².